The van der Waals surface area contributed by atoms with Gasteiger partial charge in [0.05, 0.1) is 27.8 Å². The number of hydrogen-bond donors (Lipinski definition) is 1. The van der Waals surface area contributed by atoms with Gasteiger partial charge in [0.25, 0.3) is 0 Å². The second kappa shape index (κ2) is 8.79. The molecule has 1 aromatic heterocycles. The van der Waals surface area contributed by atoms with Gasteiger partial charge in [0.2, 0.25) is 11.8 Å². The monoisotopic (exact) mass is 418 g/mol. The zero-order valence-electron chi connectivity index (χ0n) is 17.5. The van der Waals surface area contributed by atoms with Crippen molar-refractivity contribution in [2.45, 2.75) is 6.42 Å². The van der Waals surface area contributed by atoms with Gasteiger partial charge in [-0.05, 0) is 54.1 Å². The zero-order valence-corrected chi connectivity index (χ0v) is 17.5. The van der Waals surface area contributed by atoms with E-state index in [1.807, 2.05) is 30.3 Å². The van der Waals surface area contributed by atoms with E-state index in [0.29, 0.717) is 34.2 Å². The zero-order chi connectivity index (χ0) is 21.8. The minimum absolute atomic E-state index is 0.117. The summed E-state index contributed by atoms with van der Waals surface area (Å²) in [6.07, 6.45) is 0.262. The molecular weight excluding hydrogens is 396 g/mol. The van der Waals surface area contributed by atoms with Crippen LogP contribution in [0.5, 0.6) is 17.2 Å². The lowest BCUT2D eigenvalue weighted by atomic mass is 10.1. The molecule has 1 heterocycles. The number of nitrogens with zero attached hydrogens (tertiary/aromatic N) is 1. The van der Waals surface area contributed by atoms with Crippen LogP contribution < -0.4 is 19.5 Å². The number of benzene rings is 3. The largest absolute Gasteiger partial charge is 0.497 e. The number of hydrogen-bond acceptors (Lipinski definition) is 6. The van der Waals surface area contributed by atoms with Crippen molar-refractivity contribution in [1.29, 1.82) is 0 Å². The molecule has 0 aliphatic heterocycles. The third-order valence-electron chi connectivity index (χ3n) is 4.83. The standard InChI is InChI=1S/C24H22N2O5/c1-28-18-8-4-15(5-9-18)12-23(27)25-17-7-11-20-19(14-17)26-24(31-20)16-6-10-21(29-2)22(13-16)30-3/h4-11,13-14H,12H2,1-3H3,(H,25,27). The Bertz CT molecular complexity index is 1210. The SMILES string of the molecule is COc1ccc(CC(=O)Nc2ccc3oc(-c4ccc(OC)c(OC)c4)nc3c2)cc1. The van der Waals surface area contributed by atoms with E-state index >= 15 is 0 Å². The minimum atomic E-state index is -0.117. The fourth-order valence-electron chi connectivity index (χ4n) is 3.23. The maximum absolute atomic E-state index is 12.4. The van der Waals surface area contributed by atoms with Gasteiger partial charge in [0.1, 0.15) is 11.3 Å². The van der Waals surface area contributed by atoms with Gasteiger partial charge in [-0.2, -0.15) is 0 Å². The Morgan fingerprint density at radius 1 is 0.903 bits per heavy atom. The van der Waals surface area contributed by atoms with Crippen LogP contribution in [-0.2, 0) is 11.2 Å². The molecule has 0 aliphatic rings. The van der Waals surface area contributed by atoms with Crippen molar-refractivity contribution in [2.24, 2.45) is 0 Å². The predicted octanol–water partition coefficient (Wildman–Crippen LogP) is 4.70. The maximum atomic E-state index is 12.4. The number of carbonyl (C=O) groups excluding carboxylic acids is 1. The van der Waals surface area contributed by atoms with Crippen molar-refractivity contribution < 1.29 is 23.4 Å². The fraction of sp³-hybridized carbons (Fsp3) is 0.167. The number of rotatable bonds is 7. The van der Waals surface area contributed by atoms with Crippen LogP contribution in [0.4, 0.5) is 5.69 Å². The Kier molecular flexibility index (Phi) is 5.75. The number of nitrogens with one attached hydrogen (secondary N) is 1. The summed E-state index contributed by atoms with van der Waals surface area (Å²) in [5, 5.41) is 2.91. The summed E-state index contributed by atoms with van der Waals surface area (Å²) < 4.78 is 21.6. The average molecular weight is 418 g/mol. The Morgan fingerprint density at radius 3 is 2.39 bits per heavy atom. The molecule has 4 aromatic rings. The van der Waals surface area contributed by atoms with Crippen LogP contribution in [0.15, 0.2) is 65.1 Å². The van der Waals surface area contributed by atoms with Crippen LogP contribution in [0.1, 0.15) is 5.56 Å². The molecule has 31 heavy (non-hydrogen) atoms. The van der Waals surface area contributed by atoms with Crippen molar-refractivity contribution in [1.82, 2.24) is 4.98 Å². The Morgan fingerprint density at radius 2 is 1.68 bits per heavy atom. The summed E-state index contributed by atoms with van der Waals surface area (Å²) in [5.74, 6) is 2.31. The topological polar surface area (TPSA) is 82.8 Å². The molecule has 0 saturated heterocycles. The molecule has 1 amide bonds. The molecule has 7 heteroatoms. The maximum Gasteiger partial charge on any atom is 0.228 e. The summed E-state index contributed by atoms with van der Waals surface area (Å²) in [6.45, 7) is 0. The fourth-order valence-corrected chi connectivity index (χ4v) is 3.23. The summed E-state index contributed by atoms with van der Waals surface area (Å²) in [4.78, 5) is 17.0. The number of fused-ring (bicyclic) bond motifs is 1. The van der Waals surface area contributed by atoms with Gasteiger partial charge in [0, 0.05) is 11.3 Å². The molecule has 0 aliphatic carbocycles. The van der Waals surface area contributed by atoms with Crippen molar-refractivity contribution in [2.75, 3.05) is 26.6 Å². The normalized spacial score (nSPS) is 10.7. The van der Waals surface area contributed by atoms with Crippen molar-refractivity contribution in [3.05, 3.63) is 66.2 Å². The molecule has 7 nitrogen and oxygen atoms in total. The van der Waals surface area contributed by atoms with Crippen LogP contribution in [0.3, 0.4) is 0 Å². The lowest BCUT2D eigenvalue weighted by Gasteiger charge is -2.07. The molecule has 0 unspecified atom stereocenters. The molecule has 0 radical (unpaired) electrons. The summed E-state index contributed by atoms with van der Waals surface area (Å²) in [6, 6.07) is 18.2. The van der Waals surface area contributed by atoms with Gasteiger partial charge >= 0.3 is 0 Å². The quantitative estimate of drug-likeness (QED) is 0.468. The van der Waals surface area contributed by atoms with Gasteiger partial charge in [0.15, 0.2) is 17.1 Å². The molecule has 0 fully saturated rings. The third kappa shape index (κ3) is 4.45. The first-order chi connectivity index (χ1) is 15.1. The van der Waals surface area contributed by atoms with E-state index in [4.69, 9.17) is 18.6 Å². The van der Waals surface area contributed by atoms with Crippen molar-refractivity contribution in [3.63, 3.8) is 0 Å². The molecule has 0 spiro atoms. The lowest BCUT2D eigenvalue weighted by molar-refractivity contribution is -0.115. The first kappa shape index (κ1) is 20.3. The summed E-state index contributed by atoms with van der Waals surface area (Å²) >= 11 is 0. The predicted molar refractivity (Wildman–Crippen MR) is 118 cm³/mol. The van der Waals surface area contributed by atoms with E-state index in [1.54, 1.807) is 51.7 Å². The first-order valence-electron chi connectivity index (χ1n) is 9.65. The molecule has 1 N–H and O–H groups in total. The molecule has 0 atom stereocenters. The molecule has 4 rings (SSSR count). The van der Waals surface area contributed by atoms with Crippen LogP contribution in [0.2, 0.25) is 0 Å². The highest BCUT2D eigenvalue weighted by Gasteiger charge is 2.13. The lowest BCUT2D eigenvalue weighted by Crippen LogP contribution is -2.14. The number of ether oxygens (including phenoxy) is 3. The van der Waals surface area contributed by atoms with Crippen molar-refractivity contribution >= 4 is 22.7 Å². The molecule has 0 bridgehead atoms. The average Bonchev–Trinajstić information content (AvgIpc) is 3.22. The van der Waals surface area contributed by atoms with E-state index in [9.17, 15) is 4.79 Å². The van der Waals surface area contributed by atoms with Gasteiger partial charge in [-0.1, -0.05) is 12.1 Å². The number of carbonyl (C=O) groups is 1. The van der Waals surface area contributed by atoms with Gasteiger partial charge < -0.3 is 23.9 Å². The second-order valence-electron chi connectivity index (χ2n) is 6.84. The van der Waals surface area contributed by atoms with Crippen molar-refractivity contribution in [3.8, 4) is 28.7 Å². The van der Waals surface area contributed by atoms with Gasteiger partial charge in [-0.15, -0.1) is 0 Å². The van der Waals surface area contributed by atoms with Crippen LogP contribution >= 0.6 is 0 Å². The Labute approximate surface area is 179 Å². The van der Waals surface area contributed by atoms with Gasteiger partial charge in [-0.25, -0.2) is 4.98 Å². The van der Waals surface area contributed by atoms with E-state index in [1.165, 1.54) is 0 Å². The smallest absolute Gasteiger partial charge is 0.228 e. The van der Waals surface area contributed by atoms with E-state index in [-0.39, 0.29) is 12.3 Å². The number of oxazole rings is 1. The van der Waals surface area contributed by atoms with Crippen LogP contribution in [0.25, 0.3) is 22.6 Å². The minimum Gasteiger partial charge on any atom is -0.497 e. The highest BCUT2D eigenvalue weighted by molar-refractivity contribution is 5.94. The Balaban J connectivity index is 1.51. The number of amides is 1. The summed E-state index contributed by atoms with van der Waals surface area (Å²) in [5.41, 5.74) is 3.58. The van der Waals surface area contributed by atoms with E-state index in [2.05, 4.69) is 10.3 Å². The third-order valence-corrected chi connectivity index (χ3v) is 4.83. The van der Waals surface area contributed by atoms with Gasteiger partial charge in [-0.3, -0.25) is 4.79 Å². The summed E-state index contributed by atoms with van der Waals surface area (Å²) in [7, 11) is 4.77. The highest BCUT2D eigenvalue weighted by Crippen LogP contribution is 2.33. The molecular formula is C24H22N2O5. The number of anilines is 1. The van der Waals surface area contributed by atoms with E-state index < -0.39 is 0 Å². The number of aromatic nitrogens is 1. The van der Waals surface area contributed by atoms with E-state index in [0.717, 1.165) is 16.9 Å². The first-order valence-corrected chi connectivity index (χ1v) is 9.65. The van der Waals surface area contributed by atoms with Crippen LogP contribution in [-0.4, -0.2) is 32.2 Å². The molecule has 3 aromatic carbocycles. The number of methoxy groups -OCH3 is 3. The Hall–Kier alpha value is -4.00. The highest BCUT2D eigenvalue weighted by atomic mass is 16.5. The molecule has 158 valence electrons. The van der Waals surface area contributed by atoms with Crippen LogP contribution in [0, 0.1) is 0 Å². The second-order valence-corrected chi connectivity index (χ2v) is 6.84. The molecule has 0 saturated carbocycles.